The molecule has 0 aliphatic heterocycles. The number of benzene rings is 1. The van der Waals surface area contributed by atoms with Crippen molar-refractivity contribution in [1.82, 2.24) is 0 Å². The Morgan fingerprint density at radius 3 is 2.93 bits per heavy atom. The number of carbonyl (C=O) groups is 1. The molecule has 0 fully saturated rings. The van der Waals surface area contributed by atoms with Gasteiger partial charge in [0.2, 0.25) is 0 Å². The van der Waals surface area contributed by atoms with Crippen molar-refractivity contribution in [2.45, 2.75) is 12.2 Å². The van der Waals surface area contributed by atoms with E-state index in [0.717, 1.165) is 23.1 Å². The number of allylic oxidation sites excluding steroid dienone is 1. The summed E-state index contributed by atoms with van der Waals surface area (Å²) in [5, 5.41) is 8.99. The molecule has 2 rings (SSSR count). The summed E-state index contributed by atoms with van der Waals surface area (Å²) in [5.41, 5.74) is 3.38. The van der Waals surface area contributed by atoms with E-state index in [1.807, 2.05) is 18.2 Å². The van der Waals surface area contributed by atoms with E-state index in [-0.39, 0.29) is 0 Å². The largest absolute Gasteiger partial charge is 0.478 e. The molecule has 0 spiro atoms. The van der Waals surface area contributed by atoms with Gasteiger partial charge in [-0.3, -0.25) is 0 Å². The smallest absolute Gasteiger partial charge is 0.335 e. The lowest BCUT2D eigenvalue weighted by Crippen LogP contribution is -2.00. The predicted octanol–water partition coefficient (Wildman–Crippen LogP) is 2.14. The third-order valence-electron chi connectivity index (χ3n) is 2.43. The minimum Gasteiger partial charge on any atom is -0.478 e. The number of carboxylic acid groups (broad SMARTS) is 1. The van der Waals surface area contributed by atoms with Crippen LogP contribution in [0, 0.1) is 0 Å². The van der Waals surface area contributed by atoms with Crippen LogP contribution in [0.25, 0.3) is 5.57 Å². The molecule has 0 unspecified atom stereocenters. The maximum Gasteiger partial charge on any atom is 0.335 e. The highest BCUT2D eigenvalue weighted by Gasteiger charge is 2.21. The Morgan fingerprint density at radius 1 is 1.50 bits per heavy atom. The van der Waals surface area contributed by atoms with Crippen molar-refractivity contribution >= 4 is 24.2 Å². The Labute approximate surface area is 87.7 Å². The van der Waals surface area contributed by atoms with Gasteiger partial charge in [0.15, 0.2) is 0 Å². The molecule has 0 atom stereocenters. The zero-order valence-corrected chi connectivity index (χ0v) is 8.42. The minimum absolute atomic E-state index is 0.421. The van der Waals surface area contributed by atoms with Gasteiger partial charge >= 0.3 is 5.97 Å². The summed E-state index contributed by atoms with van der Waals surface area (Å²) in [4.78, 5) is 10.9. The van der Waals surface area contributed by atoms with Gasteiger partial charge in [-0.15, -0.1) is 0 Å². The number of fused-ring (bicyclic) bond motifs is 1. The van der Waals surface area contributed by atoms with Crippen LogP contribution in [0.2, 0.25) is 0 Å². The van der Waals surface area contributed by atoms with Crippen LogP contribution < -0.4 is 0 Å². The van der Waals surface area contributed by atoms with Gasteiger partial charge in [0, 0.05) is 5.75 Å². The van der Waals surface area contributed by atoms with E-state index in [0.29, 0.717) is 11.3 Å². The first-order chi connectivity index (χ1) is 6.74. The molecule has 14 heavy (non-hydrogen) atoms. The Kier molecular flexibility index (Phi) is 2.33. The Balaban J connectivity index is 2.58. The first-order valence-electron chi connectivity index (χ1n) is 4.39. The first kappa shape index (κ1) is 9.34. The quantitative estimate of drug-likeness (QED) is 0.727. The summed E-state index contributed by atoms with van der Waals surface area (Å²) in [6, 6.07) is 5.84. The molecule has 2 nitrogen and oxygen atoms in total. The van der Waals surface area contributed by atoms with Crippen molar-refractivity contribution in [3.05, 3.63) is 41.0 Å². The minimum atomic E-state index is -0.849. The summed E-state index contributed by atoms with van der Waals surface area (Å²) in [6.45, 7) is 0. The molecule has 0 bridgehead atoms. The van der Waals surface area contributed by atoms with Gasteiger partial charge in [-0.1, -0.05) is 24.3 Å². The van der Waals surface area contributed by atoms with Crippen molar-refractivity contribution in [2.24, 2.45) is 0 Å². The molecule has 72 valence electrons. The van der Waals surface area contributed by atoms with Crippen LogP contribution in [0.5, 0.6) is 0 Å². The third kappa shape index (κ3) is 1.34. The fourth-order valence-corrected chi connectivity index (χ4v) is 2.07. The highest BCUT2D eigenvalue weighted by Crippen LogP contribution is 2.31. The second-order valence-electron chi connectivity index (χ2n) is 3.24. The second kappa shape index (κ2) is 3.50. The topological polar surface area (TPSA) is 37.3 Å². The van der Waals surface area contributed by atoms with Gasteiger partial charge in [-0.05, 0) is 23.1 Å². The average Bonchev–Trinajstić information content (AvgIpc) is 2.60. The number of thiol groups is 1. The Morgan fingerprint density at radius 2 is 2.29 bits per heavy atom. The van der Waals surface area contributed by atoms with E-state index in [9.17, 15) is 4.79 Å². The highest BCUT2D eigenvalue weighted by molar-refractivity contribution is 7.79. The summed E-state index contributed by atoms with van der Waals surface area (Å²) in [5.74, 6) is -0.272. The molecule has 3 heteroatoms. The van der Waals surface area contributed by atoms with E-state index in [1.54, 1.807) is 6.08 Å². The summed E-state index contributed by atoms with van der Waals surface area (Å²) in [6.07, 6.45) is 2.48. The van der Waals surface area contributed by atoms with E-state index in [2.05, 4.69) is 12.6 Å². The van der Waals surface area contributed by atoms with Crippen LogP contribution >= 0.6 is 12.6 Å². The van der Waals surface area contributed by atoms with Gasteiger partial charge in [0.05, 0.1) is 5.57 Å². The zero-order valence-electron chi connectivity index (χ0n) is 7.53. The molecular formula is C11H10O2S. The molecule has 1 aliphatic carbocycles. The van der Waals surface area contributed by atoms with Gasteiger partial charge in [0.1, 0.15) is 0 Å². The van der Waals surface area contributed by atoms with Crippen molar-refractivity contribution in [3.8, 4) is 0 Å². The SMILES string of the molecule is O=C(O)C1=CCc2cccc(CS)c21. The fourth-order valence-electron chi connectivity index (χ4n) is 1.81. The Hall–Kier alpha value is -1.22. The maximum atomic E-state index is 10.9. The zero-order chi connectivity index (χ0) is 10.1. The molecule has 0 amide bonds. The molecule has 1 aromatic carbocycles. The third-order valence-corrected chi connectivity index (χ3v) is 2.77. The maximum absolute atomic E-state index is 10.9. The van der Waals surface area contributed by atoms with Gasteiger partial charge in [-0.25, -0.2) is 4.79 Å². The average molecular weight is 206 g/mol. The number of carboxylic acids is 1. The lowest BCUT2D eigenvalue weighted by molar-refractivity contribution is -0.130. The van der Waals surface area contributed by atoms with Crippen molar-refractivity contribution in [3.63, 3.8) is 0 Å². The van der Waals surface area contributed by atoms with Crippen LogP contribution in [0.15, 0.2) is 24.3 Å². The van der Waals surface area contributed by atoms with Crippen molar-refractivity contribution < 1.29 is 9.90 Å². The lowest BCUT2D eigenvalue weighted by Gasteiger charge is -2.07. The molecular weight excluding hydrogens is 196 g/mol. The monoisotopic (exact) mass is 206 g/mol. The van der Waals surface area contributed by atoms with Crippen LogP contribution in [-0.2, 0) is 17.0 Å². The van der Waals surface area contributed by atoms with Crippen LogP contribution in [0.1, 0.15) is 16.7 Å². The number of hydrogen-bond donors (Lipinski definition) is 2. The molecule has 1 aliphatic rings. The van der Waals surface area contributed by atoms with Crippen LogP contribution in [-0.4, -0.2) is 11.1 Å². The first-order valence-corrected chi connectivity index (χ1v) is 5.02. The summed E-state index contributed by atoms with van der Waals surface area (Å²) >= 11 is 4.20. The van der Waals surface area contributed by atoms with Crippen molar-refractivity contribution in [2.75, 3.05) is 0 Å². The van der Waals surface area contributed by atoms with E-state index in [1.165, 1.54) is 0 Å². The standard InChI is InChI=1S/C11H10O2S/c12-11(13)9-5-4-7-2-1-3-8(6-14)10(7)9/h1-3,5,14H,4,6H2,(H,12,13). The molecule has 0 radical (unpaired) electrons. The lowest BCUT2D eigenvalue weighted by atomic mass is 10.00. The molecule has 0 aromatic heterocycles. The van der Waals surface area contributed by atoms with Crippen LogP contribution in [0.4, 0.5) is 0 Å². The summed E-state index contributed by atoms with van der Waals surface area (Å²) < 4.78 is 0. The van der Waals surface area contributed by atoms with E-state index in [4.69, 9.17) is 5.11 Å². The fraction of sp³-hybridized carbons (Fsp3) is 0.182. The van der Waals surface area contributed by atoms with Gasteiger partial charge in [-0.2, -0.15) is 12.6 Å². The van der Waals surface area contributed by atoms with E-state index < -0.39 is 5.97 Å². The summed E-state index contributed by atoms with van der Waals surface area (Å²) in [7, 11) is 0. The van der Waals surface area contributed by atoms with Crippen molar-refractivity contribution in [1.29, 1.82) is 0 Å². The molecule has 0 heterocycles. The predicted molar refractivity (Wildman–Crippen MR) is 58.4 cm³/mol. The number of rotatable bonds is 2. The van der Waals surface area contributed by atoms with Gasteiger partial charge < -0.3 is 5.11 Å². The number of hydrogen-bond acceptors (Lipinski definition) is 2. The molecule has 1 N–H and O–H groups in total. The highest BCUT2D eigenvalue weighted by atomic mass is 32.1. The molecule has 1 aromatic rings. The van der Waals surface area contributed by atoms with Gasteiger partial charge in [0.25, 0.3) is 0 Å². The second-order valence-corrected chi connectivity index (χ2v) is 3.55. The Bertz CT molecular complexity index is 421. The normalized spacial score (nSPS) is 13.6. The molecule has 0 saturated carbocycles. The van der Waals surface area contributed by atoms with E-state index >= 15 is 0 Å². The molecule has 0 saturated heterocycles. The number of aliphatic carboxylic acids is 1. The van der Waals surface area contributed by atoms with Crippen LogP contribution in [0.3, 0.4) is 0 Å².